The second-order valence-corrected chi connectivity index (χ2v) is 5.41. The SMILES string of the molecule is O=C(/C=C/c1cccs1)NC1(C(=O)O)CCCC1. The van der Waals surface area contributed by atoms with Crippen LogP contribution >= 0.6 is 11.3 Å². The number of hydrogen-bond acceptors (Lipinski definition) is 3. The molecule has 0 atom stereocenters. The zero-order valence-corrected chi connectivity index (χ0v) is 10.7. The van der Waals surface area contributed by atoms with Gasteiger partial charge in [0.15, 0.2) is 0 Å². The highest BCUT2D eigenvalue weighted by Gasteiger charge is 2.42. The lowest BCUT2D eigenvalue weighted by Gasteiger charge is -2.24. The molecule has 1 amide bonds. The molecule has 0 radical (unpaired) electrons. The van der Waals surface area contributed by atoms with E-state index in [0.717, 1.165) is 17.7 Å². The molecule has 0 aromatic carbocycles. The maximum absolute atomic E-state index is 11.7. The van der Waals surface area contributed by atoms with Crippen molar-refractivity contribution in [2.45, 2.75) is 31.2 Å². The van der Waals surface area contributed by atoms with Crippen LogP contribution in [0.3, 0.4) is 0 Å². The van der Waals surface area contributed by atoms with E-state index >= 15 is 0 Å². The van der Waals surface area contributed by atoms with Gasteiger partial charge in [-0.2, -0.15) is 0 Å². The van der Waals surface area contributed by atoms with Crippen molar-refractivity contribution in [3.63, 3.8) is 0 Å². The van der Waals surface area contributed by atoms with E-state index in [1.807, 2.05) is 17.5 Å². The molecule has 5 heteroatoms. The number of nitrogens with one attached hydrogen (secondary N) is 1. The Morgan fingerprint density at radius 3 is 2.67 bits per heavy atom. The third kappa shape index (κ3) is 2.79. The summed E-state index contributed by atoms with van der Waals surface area (Å²) in [4.78, 5) is 24.0. The van der Waals surface area contributed by atoms with Gasteiger partial charge in [-0.15, -0.1) is 11.3 Å². The van der Waals surface area contributed by atoms with E-state index in [-0.39, 0.29) is 5.91 Å². The largest absolute Gasteiger partial charge is 0.480 e. The van der Waals surface area contributed by atoms with E-state index in [1.165, 1.54) is 17.4 Å². The first-order valence-corrected chi connectivity index (χ1v) is 6.77. The van der Waals surface area contributed by atoms with Gasteiger partial charge in [0, 0.05) is 11.0 Å². The van der Waals surface area contributed by atoms with Gasteiger partial charge in [-0.1, -0.05) is 18.9 Å². The first-order chi connectivity index (χ1) is 8.62. The smallest absolute Gasteiger partial charge is 0.329 e. The molecule has 96 valence electrons. The number of rotatable bonds is 4. The van der Waals surface area contributed by atoms with Crippen LogP contribution in [0.15, 0.2) is 23.6 Å². The van der Waals surface area contributed by atoms with Crippen LogP contribution in [0.5, 0.6) is 0 Å². The zero-order valence-electron chi connectivity index (χ0n) is 9.89. The lowest BCUT2D eigenvalue weighted by atomic mass is 9.98. The molecule has 2 rings (SSSR count). The van der Waals surface area contributed by atoms with E-state index in [4.69, 9.17) is 0 Å². The minimum atomic E-state index is -1.06. The van der Waals surface area contributed by atoms with Crippen molar-refractivity contribution >= 4 is 29.3 Å². The van der Waals surface area contributed by atoms with Crippen molar-refractivity contribution in [1.82, 2.24) is 5.32 Å². The van der Waals surface area contributed by atoms with Gasteiger partial charge in [0.25, 0.3) is 0 Å². The van der Waals surface area contributed by atoms with Gasteiger partial charge in [-0.05, 0) is 30.4 Å². The standard InChI is InChI=1S/C13H15NO3S/c15-11(6-5-10-4-3-9-18-10)14-13(12(16)17)7-1-2-8-13/h3-6,9H,1-2,7-8H2,(H,14,15)(H,16,17)/b6-5+. The Balaban J connectivity index is 2.00. The molecule has 0 unspecified atom stereocenters. The Morgan fingerprint density at radius 2 is 2.11 bits per heavy atom. The Hall–Kier alpha value is -1.62. The van der Waals surface area contributed by atoms with E-state index in [0.29, 0.717) is 12.8 Å². The molecule has 1 aromatic rings. The van der Waals surface area contributed by atoms with Crippen LogP contribution in [0.1, 0.15) is 30.6 Å². The number of carboxylic acid groups (broad SMARTS) is 1. The molecule has 1 fully saturated rings. The predicted molar refractivity (Wildman–Crippen MR) is 70.3 cm³/mol. The predicted octanol–water partition coefficient (Wildman–Crippen LogP) is 2.27. The van der Waals surface area contributed by atoms with Crippen LogP contribution in [0.2, 0.25) is 0 Å². The van der Waals surface area contributed by atoms with Gasteiger partial charge >= 0.3 is 5.97 Å². The van der Waals surface area contributed by atoms with Gasteiger partial charge in [0.05, 0.1) is 0 Å². The summed E-state index contributed by atoms with van der Waals surface area (Å²) in [5.74, 6) is -1.27. The van der Waals surface area contributed by atoms with E-state index < -0.39 is 11.5 Å². The monoisotopic (exact) mass is 265 g/mol. The Kier molecular flexibility index (Phi) is 3.81. The molecule has 18 heavy (non-hydrogen) atoms. The summed E-state index contributed by atoms with van der Waals surface area (Å²) in [6.07, 6.45) is 5.82. The van der Waals surface area contributed by atoms with Crippen LogP contribution in [-0.4, -0.2) is 22.5 Å². The fourth-order valence-corrected chi connectivity index (χ4v) is 2.81. The highest BCUT2D eigenvalue weighted by molar-refractivity contribution is 7.10. The van der Waals surface area contributed by atoms with Gasteiger partial charge in [-0.3, -0.25) is 4.79 Å². The maximum atomic E-state index is 11.7. The van der Waals surface area contributed by atoms with Gasteiger partial charge < -0.3 is 10.4 Å². The Morgan fingerprint density at radius 1 is 1.39 bits per heavy atom. The molecular weight excluding hydrogens is 250 g/mol. The van der Waals surface area contributed by atoms with Gasteiger partial charge in [-0.25, -0.2) is 4.79 Å². The molecular formula is C13H15NO3S. The summed E-state index contributed by atoms with van der Waals surface area (Å²) >= 11 is 1.53. The number of hydrogen-bond donors (Lipinski definition) is 2. The number of carbonyl (C=O) groups is 2. The van der Waals surface area contributed by atoms with Crippen molar-refractivity contribution in [2.24, 2.45) is 0 Å². The van der Waals surface area contributed by atoms with E-state index in [9.17, 15) is 14.7 Å². The van der Waals surface area contributed by atoms with Crippen LogP contribution < -0.4 is 5.32 Å². The van der Waals surface area contributed by atoms with Crippen molar-refractivity contribution < 1.29 is 14.7 Å². The highest BCUT2D eigenvalue weighted by atomic mass is 32.1. The lowest BCUT2D eigenvalue weighted by molar-refractivity contribution is -0.146. The maximum Gasteiger partial charge on any atom is 0.329 e. The minimum absolute atomic E-state index is 0.340. The minimum Gasteiger partial charge on any atom is -0.480 e. The first-order valence-electron chi connectivity index (χ1n) is 5.89. The molecule has 1 aromatic heterocycles. The lowest BCUT2D eigenvalue weighted by Crippen LogP contribution is -2.52. The summed E-state index contributed by atoms with van der Waals surface area (Å²) in [5.41, 5.74) is -1.06. The second kappa shape index (κ2) is 5.35. The molecule has 0 bridgehead atoms. The second-order valence-electron chi connectivity index (χ2n) is 4.43. The van der Waals surface area contributed by atoms with Crippen LogP contribution in [-0.2, 0) is 9.59 Å². The third-order valence-corrected chi connectivity index (χ3v) is 4.01. The van der Waals surface area contributed by atoms with Crippen LogP contribution in [0, 0.1) is 0 Å². The molecule has 2 N–H and O–H groups in total. The summed E-state index contributed by atoms with van der Waals surface area (Å²) in [6, 6.07) is 3.80. The van der Waals surface area contributed by atoms with Crippen LogP contribution in [0.4, 0.5) is 0 Å². The number of thiophene rings is 1. The first kappa shape index (κ1) is 12.8. The topological polar surface area (TPSA) is 66.4 Å². The molecule has 0 aliphatic heterocycles. The zero-order chi connectivity index (χ0) is 13.0. The summed E-state index contributed by atoms with van der Waals surface area (Å²) in [7, 11) is 0. The summed E-state index contributed by atoms with van der Waals surface area (Å²) in [5, 5.41) is 13.8. The quantitative estimate of drug-likeness (QED) is 0.821. The highest BCUT2D eigenvalue weighted by Crippen LogP contribution is 2.29. The Labute approximate surface area is 109 Å². The molecule has 0 saturated heterocycles. The van der Waals surface area contributed by atoms with Crippen molar-refractivity contribution in [3.05, 3.63) is 28.5 Å². The average molecular weight is 265 g/mol. The molecule has 4 nitrogen and oxygen atoms in total. The average Bonchev–Trinajstić information content (AvgIpc) is 2.97. The van der Waals surface area contributed by atoms with Crippen molar-refractivity contribution in [1.29, 1.82) is 0 Å². The number of carboxylic acids is 1. The van der Waals surface area contributed by atoms with Crippen molar-refractivity contribution in [2.75, 3.05) is 0 Å². The molecule has 1 saturated carbocycles. The summed E-state index contributed by atoms with van der Waals surface area (Å²) < 4.78 is 0. The summed E-state index contributed by atoms with van der Waals surface area (Å²) in [6.45, 7) is 0. The van der Waals surface area contributed by atoms with E-state index in [1.54, 1.807) is 6.08 Å². The van der Waals surface area contributed by atoms with Crippen molar-refractivity contribution in [3.8, 4) is 0 Å². The third-order valence-electron chi connectivity index (χ3n) is 3.17. The normalized spacial score (nSPS) is 18.0. The molecule has 1 heterocycles. The number of carbonyl (C=O) groups excluding carboxylic acids is 1. The number of amides is 1. The fraction of sp³-hybridized carbons (Fsp3) is 0.385. The van der Waals surface area contributed by atoms with Crippen LogP contribution in [0.25, 0.3) is 6.08 Å². The van der Waals surface area contributed by atoms with Gasteiger partial charge in [0.1, 0.15) is 5.54 Å². The van der Waals surface area contributed by atoms with Gasteiger partial charge in [0.2, 0.25) is 5.91 Å². The molecule has 1 aliphatic carbocycles. The molecule has 1 aliphatic rings. The molecule has 0 spiro atoms. The number of aliphatic carboxylic acids is 1. The van der Waals surface area contributed by atoms with E-state index in [2.05, 4.69) is 5.32 Å². The Bertz CT molecular complexity index is 459. The fourth-order valence-electron chi connectivity index (χ4n) is 2.19.